The lowest BCUT2D eigenvalue weighted by atomic mass is 10.2. The molecule has 1 aromatic carbocycles. The van der Waals surface area contributed by atoms with E-state index in [0.29, 0.717) is 13.1 Å². The molecule has 1 aliphatic heterocycles. The molecule has 1 saturated carbocycles. The molecule has 8 heteroatoms. The van der Waals surface area contributed by atoms with Crippen LogP contribution in [0.15, 0.2) is 29.2 Å². The highest BCUT2D eigenvalue weighted by molar-refractivity contribution is 7.89. The van der Waals surface area contributed by atoms with E-state index < -0.39 is 16.0 Å². The smallest absolute Gasteiger partial charge is 0.338 e. The summed E-state index contributed by atoms with van der Waals surface area (Å²) in [7, 11) is -3.50. The molecule has 0 spiro atoms. The maximum absolute atomic E-state index is 12.5. The highest BCUT2D eigenvalue weighted by atomic mass is 32.2. The molecule has 2 aliphatic rings. The van der Waals surface area contributed by atoms with Gasteiger partial charge in [-0.3, -0.25) is 4.79 Å². The van der Waals surface area contributed by atoms with Crippen LogP contribution in [0, 0.1) is 0 Å². The minimum Gasteiger partial charge on any atom is -0.452 e. The first-order chi connectivity index (χ1) is 12.5. The Labute approximate surface area is 153 Å². The lowest BCUT2D eigenvalue weighted by molar-refractivity contribution is -0.124. The number of rotatable bonds is 6. The predicted molar refractivity (Wildman–Crippen MR) is 95.1 cm³/mol. The molecule has 3 rings (SSSR count). The Bertz CT molecular complexity index is 748. The van der Waals surface area contributed by atoms with Crippen molar-refractivity contribution in [2.75, 3.05) is 19.7 Å². The summed E-state index contributed by atoms with van der Waals surface area (Å²) in [6.45, 7) is 0.730. The number of nitrogens with zero attached hydrogens (tertiary/aromatic N) is 1. The Hall–Kier alpha value is -1.93. The average Bonchev–Trinajstić information content (AvgIpc) is 3.34. The zero-order valence-corrected chi connectivity index (χ0v) is 15.5. The minimum absolute atomic E-state index is 0.162. The number of sulfonamides is 1. The Morgan fingerprint density at radius 1 is 1.04 bits per heavy atom. The molecule has 1 aliphatic carbocycles. The van der Waals surface area contributed by atoms with E-state index in [1.165, 1.54) is 28.6 Å². The van der Waals surface area contributed by atoms with Crippen LogP contribution in [0.3, 0.4) is 0 Å². The van der Waals surface area contributed by atoms with Crippen molar-refractivity contribution in [2.24, 2.45) is 0 Å². The molecule has 0 atom stereocenters. The number of nitrogens with one attached hydrogen (secondary N) is 1. The summed E-state index contributed by atoms with van der Waals surface area (Å²) in [6.07, 6.45) is 5.88. The second-order valence-electron chi connectivity index (χ2n) is 6.76. The van der Waals surface area contributed by atoms with E-state index in [9.17, 15) is 18.0 Å². The molecule has 0 unspecified atom stereocenters. The first-order valence-corrected chi connectivity index (χ1v) is 10.5. The first kappa shape index (κ1) is 18.8. The van der Waals surface area contributed by atoms with Gasteiger partial charge in [0, 0.05) is 19.1 Å². The van der Waals surface area contributed by atoms with Crippen LogP contribution in [-0.2, 0) is 19.6 Å². The summed E-state index contributed by atoms with van der Waals surface area (Å²) >= 11 is 0. The monoisotopic (exact) mass is 380 g/mol. The molecular formula is C18H24N2O5S. The molecule has 1 aromatic rings. The largest absolute Gasteiger partial charge is 0.452 e. The SMILES string of the molecule is O=C(COC(=O)c1ccc(S(=O)(=O)N2CCCC2)cc1)NC1CCCC1. The topological polar surface area (TPSA) is 92.8 Å². The third kappa shape index (κ3) is 4.42. The Balaban J connectivity index is 1.54. The van der Waals surface area contributed by atoms with Gasteiger partial charge >= 0.3 is 5.97 Å². The molecule has 26 heavy (non-hydrogen) atoms. The van der Waals surface area contributed by atoms with Crippen molar-refractivity contribution in [3.8, 4) is 0 Å². The quantitative estimate of drug-likeness (QED) is 0.758. The molecule has 1 heterocycles. The Morgan fingerprint density at radius 2 is 1.65 bits per heavy atom. The predicted octanol–water partition coefficient (Wildman–Crippen LogP) is 1.69. The van der Waals surface area contributed by atoms with Crippen LogP contribution in [0.1, 0.15) is 48.9 Å². The molecule has 142 valence electrons. The van der Waals surface area contributed by atoms with Gasteiger partial charge in [-0.15, -0.1) is 0 Å². The third-order valence-corrected chi connectivity index (χ3v) is 6.76. The molecule has 0 aromatic heterocycles. The normalized spacial score (nSPS) is 18.8. The van der Waals surface area contributed by atoms with Crippen LogP contribution in [-0.4, -0.2) is 50.3 Å². The molecular weight excluding hydrogens is 356 g/mol. The van der Waals surface area contributed by atoms with Gasteiger partial charge in [0.15, 0.2) is 6.61 Å². The van der Waals surface area contributed by atoms with Gasteiger partial charge in [-0.1, -0.05) is 12.8 Å². The van der Waals surface area contributed by atoms with Crippen molar-refractivity contribution in [3.63, 3.8) is 0 Å². The molecule has 1 saturated heterocycles. The van der Waals surface area contributed by atoms with Gasteiger partial charge in [0.1, 0.15) is 0 Å². The highest BCUT2D eigenvalue weighted by Gasteiger charge is 2.27. The summed E-state index contributed by atoms with van der Waals surface area (Å²) in [4.78, 5) is 24.0. The number of carbonyl (C=O) groups excluding carboxylic acids is 2. The standard InChI is InChI=1S/C18H24N2O5S/c21-17(19-15-5-1-2-6-15)13-25-18(22)14-7-9-16(10-8-14)26(23,24)20-11-3-4-12-20/h7-10,15H,1-6,11-13H2,(H,19,21). The average molecular weight is 380 g/mol. The van der Waals surface area contributed by atoms with Gasteiger partial charge in [-0.25, -0.2) is 13.2 Å². The summed E-state index contributed by atoms with van der Waals surface area (Å²) in [5.41, 5.74) is 0.221. The number of ether oxygens (including phenoxy) is 1. The van der Waals surface area contributed by atoms with Crippen LogP contribution in [0.5, 0.6) is 0 Å². The van der Waals surface area contributed by atoms with Crippen LogP contribution >= 0.6 is 0 Å². The zero-order valence-electron chi connectivity index (χ0n) is 14.6. The van der Waals surface area contributed by atoms with Crippen LogP contribution in [0.4, 0.5) is 0 Å². The van der Waals surface area contributed by atoms with Gasteiger partial charge in [0.05, 0.1) is 10.5 Å². The summed E-state index contributed by atoms with van der Waals surface area (Å²) in [5, 5.41) is 2.84. The van der Waals surface area contributed by atoms with Gasteiger partial charge in [-0.2, -0.15) is 4.31 Å². The van der Waals surface area contributed by atoms with Crippen LogP contribution in [0.25, 0.3) is 0 Å². The fraction of sp³-hybridized carbons (Fsp3) is 0.556. The van der Waals surface area contributed by atoms with E-state index in [2.05, 4.69) is 5.32 Å². The van der Waals surface area contributed by atoms with Crippen LogP contribution in [0.2, 0.25) is 0 Å². The van der Waals surface area contributed by atoms with Gasteiger partial charge in [-0.05, 0) is 49.9 Å². The lowest BCUT2D eigenvalue weighted by Gasteiger charge is -2.15. The van der Waals surface area contributed by atoms with Gasteiger partial charge < -0.3 is 10.1 Å². The summed E-state index contributed by atoms with van der Waals surface area (Å²) < 4.78 is 31.4. The number of hydrogen-bond acceptors (Lipinski definition) is 5. The van der Waals surface area contributed by atoms with Gasteiger partial charge in [0.25, 0.3) is 5.91 Å². The molecule has 1 N–H and O–H groups in total. The Morgan fingerprint density at radius 3 is 2.27 bits per heavy atom. The zero-order chi connectivity index (χ0) is 18.6. The van der Waals surface area contributed by atoms with Crippen molar-refractivity contribution in [2.45, 2.75) is 49.5 Å². The van der Waals surface area contributed by atoms with E-state index in [4.69, 9.17) is 4.74 Å². The fourth-order valence-corrected chi connectivity index (χ4v) is 4.91. The lowest BCUT2D eigenvalue weighted by Crippen LogP contribution is -2.35. The van der Waals surface area contributed by atoms with E-state index >= 15 is 0 Å². The summed E-state index contributed by atoms with van der Waals surface area (Å²) in [6, 6.07) is 5.82. The Kier molecular flexibility index (Phi) is 5.93. The van der Waals surface area contributed by atoms with Crippen molar-refractivity contribution < 1.29 is 22.7 Å². The number of hydrogen-bond donors (Lipinski definition) is 1. The van der Waals surface area contributed by atoms with Crippen molar-refractivity contribution in [1.29, 1.82) is 0 Å². The second kappa shape index (κ2) is 8.18. The molecule has 7 nitrogen and oxygen atoms in total. The number of benzene rings is 1. The van der Waals surface area contributed by atoms with Gasteiger partial charge in [0.2, 0.25) is 10.0 Å². The summed E-state index contributed by atoms with van der Waals surface area (Å²) in [5.74, 6) is -0.949. The third-order valence-electron chi connectivity index (χ3n) is 4.85. The second-order valence-corrected chi connectivity index (χ2v) is 8.70. The number of esters is 1. The highest BCUT2D eigenvalue weighted by Crippen LogP contribution is 2.21. The maximum Gasteiger partial charge on any atom is 0.338 e. The van der Waals surface area contributed by atoms with Crippen molar-refractivity contribution in [3.05, 3.63) is 29.8 Å². The molecule has 2 fully saturated rings. The number of carbonyl (C=O) groups is 2. The molecule has 0 bridgehead atoms. The first-order valence-electron chi connectivity index (χ1n) is 9.03. The van der Waals surface area contributed by atoms with E-state index in [-0.39, 0.29) is 29.0 Å². The van der Waals surface area contributed by atoms with Crippen molar-refractivity contribution >= 4 is 21.9 Å². The molecule has 0 radical (unpaired) electrons. The van der Waals surface area contributed by atoms with Crippen LogP contribution < -0.4 is 5.32 Å². The number of amides is 1. The van der Waals surface area contributed by atoms with Crippen molar-refractivity contribution in [1.82, 2.24) is 9.62 Å². The van der Waals surface area contributed by atoms with E-state index in [0.717, 1.165) is 38.5 Å². The molecule has 1 amide bonds. The van der Waals surface area contributed by atoms with E-state index in [1.807, 2.05) is 0 Å². The minimum atomic E-state index is -3.50. The fourth-order valence-electron chi connectivity index (χ4n) is 3.39. The van der Waals surface area contributed by atoms with E-state index in [1.54, 1.807) is 0 Å². The maximum atomic E-state index is 12.5.